The Bertz CT molecular complexity index is 554. The van der Waals surface area contributed by atoms with Crippen LogP contribution in [0.25, 0.3) is 6.08 Å². The van der Waals surface area contributed by atoms with Crippen LogP contribution in [0.3, 0.4) is 0 Å². The second kappa shape index (κ2) is 5.88. The van der Waals surface area contributed by atoms with E-state index in [4.69, 9.17) is 4.74 Å². The van der Waals surface area contributed by atoms with Gasteiger partial charge in [-0.1, -0.05) is 24.3 Å². The Labute approximate surface area is 125 Å². The predicted octanol–water partition coefficient (Wildman–Crippen LogP) is 4.01. The largest absolute Gasteiger partial charge is 0.444 e. The minimum atomic E-state index is -0.469. The lowest BCUT2D eigenvalue weighted by Gasteiger charge is -2.38. The second-order valence-electron chi connectivity index (χ2n) is 6.53. The molecule has 0 spiro atoms. The standard InChI is InChI=1S/C17H22FNO2/c1-12-5-7-14(15(18)9-12)8-6-13-10-19(11-13)16(20)21-17(2,3)4/h5-9,13H,10-11H2,1-4H3. The molecule has 21 heavy (non-hydrogen) atoms. The fraction of sp³-hybridized carbons (Fsp3) is 0.471. The molecule has 1 aromatic carbocycles. The molecule has 0 radical (unpaired) electrons. The monoisotopic (exact) mass is 291 g/mol. The van der Waals surface area contributed by atoms with Crippen LogP contribution in [0.5, 0.6) is 0 Å². The molecule has 1 aromatic rings. The summed E-state index contributed by atoms with van der Waals surface area (Å²) in [6, 6.07) is 5.18. The average molecular weight is 291 g/mol. The highest BCUT2D eigenvalue weighted by Gasteiger charge is 2.32. The third-order valence-corrected chi connectivity index (χ3v) is 3.27. The number of halogens is 1. The third-order valence-electron chi connectivity index (χ3n) is 3.27. The summed E-state index contributed by atoms with van der Waals surface area (Å²) >= 11 is 0. The number of rotatable bonds is 2. The van der Waals surface area contributed by atoms with Crippen molar-refractivity contribution in [3.05, 3.63) is 41.2 Å². The second-order valence-corrected chi connectivity index (χ2v) is 6.53. The van der Waals surface area contributed by atoms with Gasteiger partial charge in [0.25, 0.3) is 0 Å². The summed E-state index contributed by atoms with van der Waals surface area (Å²) in [5.41, 5.74) is 1.02. The molecule has 1 heterocycles. The Morgan fingerprint density at radius 1 is 1.38 bits per heavy atom. The van der Waals surface area contributed by atoms with Crippen molar-refractivity contribution in [2.45, 2.75) is 33.3 Å². The zero-order chi connectivity index (χ0) is 15.6. The lowest BCUT2D eigenvalue weighted by atomic mass is 9.99. The lowest BCUT2D eigenvalue weighted by molar-refractivity contribution is 0.00500. The molecule has 0 bridgehead atoms. The van der Waals surface area contributed by atoms with Gasteiger partial charge >= 0.3 is 6.09 Å². The topological polar surface area (TPSA) is 29.5 Å². The average Bonchev–Trinajstić information content (AvgIpc) is 2.27. The van der Waals surface area contributed by atoms with E-state index in [0.29, 0.717) is 18.7 Å². The first-order valence-corrected chi connectivity index (χ1v) is 7.17. The van der Waals surface area contributed by atoms with Gasteiger partial charge < -0.3 is 9.64 Å². The van der Waals surface area contributed by atoms with Crippen molar-refractivity contribution in [1.82, 2.24) is 4.90 Å². The molecule has 1 aliphatic heterocycles. The van der Waals surface area contributed by atoms with Crippen LogP contribution in [0.15, 0.2) is 24.3 Å². The van der Waals surface area contributed by atoms with Crippen molar-refractivity contribution in [3.8, 4) is 0 Å². The quantitative estimate of drug-likeness (QED) is 0.824. The van der Waals surface area contributed by atoms with Crippen molar-refractivity contribution < 1.29 is 13.9 Å². The minimum absolute atomic E-state index is 0.213. The number of ether oxygens (including phenoxy) is 1. The summed E-state index contributed by atoms with van der Waals surface area (Å²) in [6.45, 7) is 8.66. The van der Waals surface area contributed by atoms with Gasteiger partial charge in [-0.2, -0.15) is 0 Å². The Hall–Kier alpha value is -1.84. The van der Waals surface area contributed by atoms with Crippen LogP contribution in [0, 0.1) is 18.7 Å². The molecule has 0 saturated carbocycles. The molecule has 1 amide bonds. The normalized spacial score (nSPS) is 16.1. The van der Waals surface area contributed by atoms with Crippen molar-refractivity contribution in [1.29, 1.82) is 0 Å². The molecule has 1 saturated heterocycles. The molecular formula is C17H22FNO2. The van der Waals surface area contributed by atoms with Gasteiger partial charge in [0, 0.05) is 24.6 Å². The smallest absolute Gasteiger partial charge is 0.410 e. The van der Waals surface area contributed by atoms with E-state index in [0.717, 1.165) is 5.56 Å². The summed E-state index contributed by atoms with van der Waals surface area (Å²) in [5.74, 6) is 0.0489. The molecule has 2 rings (SSSR count). The fourth-order valence-corrected chi connectivity index (χ4v) is 2.12. The lowest BCUT2D eigenvalue weighted by Crippen LogP contribution is -2.50. The first kappa shape index (κ1) is 15.5. The summed E-state index contributed by atoms with van der Waals surface area (Å²) in [7, 11) is 0. The van der Waals surface area contributed by atoms with Gasteiger partial charge in [0.1, 0.15) is 11.4 Å². The van der Waals surface area contributed by atoms with Gasteiger partial charge in [0.15, 0.2) is 0 Å². The van der Waals surface area contributed by atoms with Gasteiger partial charge in [0.2, 0.25) is 0 Å². The van der Waals surface area contributed by atoms with Crippen LogP contribution >= 0.6 is 0 Å². The highest BCUT2D eigenvalue weighted by molar-refractivity contribution is 5.69. The number of amides is 1. The maximum Gasteiger partial charge on any atom is 0.410 e. The van der Waals surface area contributed by atoms with Gasteiger partial charge in [-0.25, -0.2) is 9.18 Å². The number of aryl methyl sites for hydroxylation is 1. The van der Waals surface area contributed by atoms with E-state index in [2.05, 4.69) is 0 Å². The van der Waals surface area contributed by atoms with Gasteiger partial charge in [-0.15, -0.1) is 0 Å². The highest BCUT2D eigenvalue weighted by Crippen LogP contribution is 2.22. The van der Waals surface area contributed by atoms with E-state index in [-0.39, 0.29) is 17.8 Å². The van der Waals surface area contributed by atoms with Crippen LogP contribution in [-0.2, 0) is 4.74 Å². The van der Waals surface area contributed by atoms with E-state index in [1.165, 1.54) is 6.07 Å². The Kier molecular flexibility index (Phi) is 4.35. The van der Waals surface area contributed by atoms with Crippen molar-refractivity contribution >= 4 is 12.2 Å². The zero-order valence-corrected chi connectivity index (χ0v) is 13.0. The Morgan fingerprint density at radius 3 is 2.62 bits per heavy atom. The van der Waals surface area contributed by atoms with Crippen LogP contribution in [0.2, 0.25) is 0 Å². The number of hydrogen-bond acceptors (Lipinski definition) is 2. The molecule has 4 heteroatoms. The molecule has 3 nitrogen and oxygen atoms in total. The predicted molar refractivity (Wildman–Crippen MR) is 81.5 cm³/mol. The molecule has 0 atom stereocenters. The van der Waals surface area contributed by atoms with Gasteiger partial charge in [-0.3, -0.25) is 0 Å². The maximum atomic E-state index is 13.7. The first-order valence-electron chi connectivity index (χ1n) is 7.17. The minimum Gasteiger partial charge on any atom is -0.444 e. The third kappa shape index (κ3) is 4.31. The summed E-state index contributed by atoms with van der Waals surface area (Å²) in [4.78, 5) is 13.4. The summed E-state index contributed by atoms with van der Waals surface area (Å²) in [6.07, 6.45) is 3.45. The van der Waals surface area contributed by atoms with Gasteiger partial charge in [-0.05, 0) is 39.3 Å². The number of carbonyl (C=O) groups is 1. The molecular weight excluding hydrogens is 269 g/mol. The maximum absolute atomic E-state index is 13.7. The molecule has 0 aromatic heterocycles. The SMILES string of the molecule is Cc1ccc(C=CC2CN(C(=O)OC(C)(C)C)C2)c(F)c1. The number of likely N-dealkylation sites (tertiary alicyclic amines) is 1. The highest BCUT2D eigenvalue weighted by atomic mass is 19.1. The molecule has 0 N–H and O–H groups in total. The Morgan fingerprint density at radius 2 is 2.05 bits per heavy atom. The number of nitrogens with zero attached hydrogens (tertiary/aromatic N) is 1. The van der Waals surface area contributed by atoms with E-state index in [1.807, 2.05) is 39.8 Å². The number of hydrogen-bond donors (Lipinski definition) is 0. The van der Waals surface area contributed by atoms with Crippen LogP contribution in [0.1, 0.15) is 31.9 Å². The molecule has 0 unspecified atom stereocenters. The number of carbonyl (C=O) groups excluding carboxylic acids is 1. The molecule has 114 valence electrons. The van der Waals surface area contributed by atoms with E-state index >= 15 is 0 Å². The molecule has 1 fully saturated rings. The van der Waals surface area contributed by atoms with Crippen molar-refractivity contribution in [3.63, 3.8) is 0 Å². The van der Waals surface area contributed by atoms with E-state index in [1.54, 1.807) is 17.0 Å². The zero-order valence-electron chi connectivity index (χ0n) is 13.0. The van der Waals surface area contributed by atoms with Crippen molar-refractivity contribution in [2.24, 2.45) is 5.92 Å². The van der Waals surface area contributed by atoms with E-state index in [9.17, 15) is 9.18 Å². The van der Waals surface area contributed by atoms with Crippen LogP contribution < -0.4 is 0 Å². The fourth-order valence-electron chi connectivity index (χ4n) is 2.12. The van der Waals surface area contributed by atoms with Crippen molar-refractivity contribution in [2.75, 3.05) is 13.1 Å². The van der Waals surface area contributed by atoms with Crippen LogP contribution in [0.4, 0.5) is 9.18 Å². The summed E-state index contributed by atoms with van der Waals surface area (Å²) < 4.78 is 19.0. The van der Waals surface area contributed by atoms with E-state index < -0.39 is 5.60 Å². The molecule has 0 aliphatic carbocycles. The first-order chi connectivity index (χ1) is 9.74. The van der Waals surface area contributed by atoms with Gasteiger partial charge in [0.05, 0.1) is 0 Å². The summed E-state index contributed by atoms with van der Waals surface area (Å²) in [5, 5.41) is 0. The molecule has 1 aliphatic rings. The Balaban J connectivity index is 1.85. The van der Waals surface area contributed by atoms with Crippen LogP contribution in [-0.4, -0.2) is 29.7 Å². The number of benzene rings is 1.